The largest absolute Gasteiger partial charge is 0.382 e. The lowest BCUT2D eigenvalue weighted by atomic mass is 10.3. The highest BCUT2D eigenvalue weighted by molar-refractivity contribution is 4.44. The maximum absolute atomic E-state index is 5.45. The second-order valence-corrected chi connectivity index (χ2v) is 3.89. The summed E-state index contributed by atoms with van der Waals surface area (Å²) in [5, 5.41) is 3.28. The number of rotatable bonds is 15. The van der Waals surface area contributed by atoms with Crippen molar-refractivity contribution in [1.82, 2.24) is 5.32 Å². The van der Waals surface area contributed by atoms with Crippen molar-refractivity contribution in [3.63, 3.8) is 0 Å². The summed E-state index contributed by atoms with van der Waals surface area (Å²) >= 11 is 0. The first-order valence-corrected chi connectivity index (χ1v) is 6.84. The van der Waals surface area contributed by atoms with Crippen LogP contribution in [0.1, 0.15) is 19.8 Å². The molecule has 0 aliphatic carbocycles. The zero-order valence-corrected chi connectivity index (χ0v) is 11.9. The minimum Gasteiger partial charge on any atom is -0.382 e. The second-order valence-electron chi connectivity index (χ2n) is 3.89. The molecule has 0 saturated heterocycles. The molecule has 0 heterocycles. The molecule has 0 bridgehead atoms. The summed E-state index contributed by atoms with van der Waals surface area (Å²) in [5.74, 6) is 0. The molecule has 0 rings (SSSR count). The second kappa shape index (κ2) is 16.8. The number of ether oxygens (including phenoxy) is 4. The van der Waals surface area contributed by atoms with Gasteiger partial charge in [0.05, 0.1) is 39.6 Å². The van der Waals surface area contributed by atoms with Crippen LogP contribution in [0.25, 0.3) is 0 Å². The van der Waals surface area contributed by atoms with Gasteiger partial charge in [0, 0.05) is 13.7 Å². The predicted octanol–water partition coefficient (Wildman–Crippen LogP) is 1.07. The molecule has 5 heteroatoms. The highest BCUT2D eigenvalue weighted by atomic mass is 16.6. The van der Waals surface area contributed by atoms with Gasteiger partial charge in [-0.2, -0.15) is 0 Å². The van der Waals surface area contributed by atoms with Gasteiger partial charge in [-0.3, -0.25) is 0 Å². The molecule has 0 unspecified atom stereocenters. The van der Waals surface area contributed by atoms with Crippen molar-refractivity contribution in [3.8, 4) is 0 Å². The van der Waals surface area contributed by atoms with E-state index in [9.17, 15) is 0 Å². The van der Waals surface area contributed by atoms with E-state index in [1.165, 1.54) is 6.42 Å². The van der Waals surface area contributed by atoms with E-state index in [2.05, 4.69) is 12.2 Å². The van der Waals surface area contributed by atoms with E-state index in [0.717, 1.165) is 26.1 Å². The molecule has 0 aliphatic rings. The van der Waals surface area contributed by atoms with Gasteiger partial charge < -0.3 is 24.3 Å². The van der Waals surface area contributed by atoms with Crippen LogP contribution in [0.5, 0.6) is 0 Å². The van der Waals surface area contributed by atoms with Crippen molar-refractivity contribution in [2.75, 3.05) is 66.4 Å². The van der Waals surface area contributed by atoms with Crippen LogP contribution < -0.4 is 5.32 Å². The first-order valence-electron chi connectivity index (χ1n) is 6.84. The Morgan fingerprint density at radius 1 is 0.722 bits per heavy atom. The Morgan fingerprint density at radius 2 is 1.28 bits per heavy atom. The third kappa shape index (κ3) is 15.8. The molecule has 0 saturated carbocycles. The first kappa shape index (κ1) is 17.8. The summed E-state index contributed by atoms with van der Waals surface area (Å²) in [6.07, 6.45) is 2.27. The van der Waals surface area contributed by atoms with Gasteiger partial charge in [0.2, 0.25) is 0 Å². The molecule has 1 N–H and O–H groups in total. The lowest BCUT2D eigenvalue weighted by Crippen LogP contribution is -2.15. The number of hydrogen-bond acceptors (Lipinski definition) is 5. The van der Waals surface area contributed by atoms with Gasteiger partial charge >= 0.3 is 0 Å². The molecule has 0 fully saturated rings. The Bertz CT molecular complexity index is 131. The summed E-state index contributed by atoms with van der Waals surface area (Å²) in [5.41, 5.74) is 0. The molecule has 0 aromatic heterocycles. The van der Waals surface area contributed by atoms with E-state index in [1.54, 1.807) is 7.11 Å². The van der Waals surface area contributed by atoms with Crippen molar-refractivity contribution in [3.05, 3.63) is 0 Å². The monoisotopic (exact) mass is 263 g/mol. The molecule has 0 aromatic carbocycles. The van der Waals surface area contributed by atoms with Gasteiger partial charge in [-0.1, -0.05) is 6.92 Å². The van der Waals surface area contributed by atoms with Gasteiger partial charge in [-0.15, -0.1) is 0 Å². The quantitative estimate of drug-likeness (QED) is 0.448. The van der Waals surface area contributed by atoms with Crippen LogP contribution in [0.2, 0.25) is 0 Å². The zero-order chi connectivity index (χ0) is 13.3. The Balaban J connectivity index is 2.86. The first-order chi connectivity index (χ1) is 8.91. The molecule has 0 spiro atoms. The van der Waals surface area contributed by atoms with E-state index in [-0.39, 0.29) is 0 Å². The molecule has 5 nitrogen and oxygen atoms in total. The minimum atomic E-state index is 0.617. The number of methoxy groups -OCH3 is 1. The van der Waals surface area contributed by atoms with Crippen molar-refractivity contribution in [1.29, 1.82) is 0 Å². The molecule has 0 atom stereocenters. The minimum absolute atomic E-state index is 0.617. The third-order valence-corrected chi connectivity index (χ3v) is 2.32. The zero-order valence-electron chi connectivity index (χ0n) is 11.9. The molecule has 18 heavy (non-hydrogen) atoms. The number of unbranched alkanes of at least 4 members (excludes halogenated alkanes) is 1. The summed E-state index contributed by atoms with van der Waals surface area (Å²) in [4.78, 5) is 0. The lowest BCUT2D eigenvalue weighted by molar-refractivity contribution is 0.00329. The molecular formula is C13H29NO4. The van der Waals surface area contributed by atoms with Crippen LogP contribution in [0, 0.1) is 0 Å². The van der Waals surface area contributed by atoms with Crippen molar-refractivity contribution in [2.24, 2.45) is 0 Å². The summed E-state index contributed by atoms with van der Waals surface area (Å²) in [6.45, 7) is 8.86. The molecule has 0 aromatic rings. The highest BCUT2D eigenvalue weighted by Crippen LogP contribution is 1.89. The summed E-state index contributed by atoms with van der Waals surface area (Å²) < 4.78 is 20.9. The van der Waals surface area contributed by atoms with Gasteiger partial charge in [-0.25, -0.2) is 0 Å². The molecule has 0 amide bonds. The summed E-state index contributed by atoms with van der Waals surface area (Å²) in [6, 6.07) is 0. The van der Waals surface area contributed by atoms with Crippen LogP contribution in [0.3, 0.4) is 0 Å². The number of hydrogen-bond donors (Lipinski definition) is 1. The Kier molecular flexibility index (Phi) is 16.6. The fourth-order valence-corrected chi connectivity index (χ4v) is 1.32. The molecule has 110 valence electrons. The molecular weight excluding hydrogens is 234 g/mol. The fraction of sp³-hybridized carbons (Fsp3) is 1.00. The average molecular weight is 263 g/mol. The lowest BCUT2D eigenvalue weighted by Gasteiger charge is -2.06. The number of nitrogens with one attached hydrogen (secondary N) is 1. The van der Waals surface area contributed by atoms with Crippen molar-refractivity contribution in [2.45, 2.75) is 19.8 Å². The highest BCUT2D eigenvalue weighted by Gasteiger charge is 1.92. The third-order valence-electron chi connectivity index (χ3n) is 2.32. The van der Waals surface area contributed by atoms with E-state index in [4.69, 9.17) is 18.9 Å². The van der Waals surface area contributed by atoms with Crippen LogP contribution in [-0.2, 0) is 18.9 Å². The van der Waals surface area contributed by atoms with Gasteiger partial charge in [0.25, 0.3) is 0 Å². The van der Waals surface area contributed by atoms with Gasteiger partial charge in [-0.05, 0) is 25.9 Å². The van der Waals surface area contributed by atoms with E-state index in [0.29, 0.717) is 39.6 Å². The standard InChI is InChI=1S/C13H29NO4/c1-3-14-6-4-5-7-16-10-11-18-13-12-17-9-8-15-2/h14H,3-13H2,1-2H3. The Hall–Kier alpha value is -0.200. The smallest absolute Gasteiger partial charge is 0.0701 e. The van der Waals surface area contributed by atoms with Crippen LogP contribution in [0.4, 0.5) is 0 Å². The van der Waals surface area contributed by atoms with Crippen molar-refractivity contribution < 1.29 is 18.9 Å². The van der Waals surface area contributed by atoms with Gasteiger partial charge in [0.1, 0.15) is 0 Å². The van der Waals surface area contributed by atoms with E-state index < -0.39 is 0 Å². The van der Waals surface area contributed by atoms with Gasteiger partial charge in [0.15, 0.2) is 0 Å². The topological polar surface area (TPSA) is 49.0 Å². The van der Waals surface area contributed by atoms with Crippen LogP contribution in [0.15, 0.2) is 0 Å². The van der Waals surface area contributed by atoms with Crippen LogP contribution in [-0.4, -0.2) is 66.4 Å². The summed E-state index contributed by atoms with van der Waals surface area (Å²) in [7, 11) is 1.66. The molecule has 0 radical (unpaired) electrons. The SMILES string of the molecule is CCNCCCCOCCOCCOCCOC. The van der Waals surface area contributed by atoms with Crippen molar-refractivity contribution >= 4 is 0 Å². The normalized spacial score (nSPS) is 11.0. The van der Waals surface area contributed by atoms with E-state index >= 15 is 0 Å². The van der Waals surface area contributed by atoms with E-state index in [1.807, 2.05) is 0 Å². The Labute approximate surface area is 111 Å². The van der Waals surface area contributed by atoms with Crippen LogP contribution >= 0.6 is 0 Å². The maximum atomic E-state index is 5.45. The fourth-order valence-electron chi connectivity index (χ4n) is 1.32. The Morgan fingerprint density at radius 3 is 1.83 bits per heavy atom. The maximum Gasteiger partial charge on any atom is 0.0701 e. The average Bonchev–Trinajstić information content (AvgIpc) is 2.39. The predicted molar refractivity (Wildman–Crippen MR) is 72.1 cm³/mol. The molecule has 0 aliphatic heterocycles.